The predicted octanol–water partition coefficient (Wildman–Crippen LogP) is 3.03. The van der Waals surface area contributed by atoms with Crippen LogP contribution in [0.3, 0.4) is 0 Å². The van der Waals surface area contributed by atoms with E-state index in [-0.39, 0.29) is 17.3 Å². The van der Waals surface area contributed by atoms with E-state index in [1.807, 2.05) is 19.9 Å². The van der Waals surface area contributed by atoms with Gasteiger partial charge in [-0.25, -0.2) is 4.98 Å². The average molecular weight is 387 g/mol. The van der Waals surface area contributed by atoms with Crippen LogP contribution < -0.4 is 10.9 Å². The van der Waals surface area contributed by atoms with Gasteiger partial charge in [-0.15, -0.1) is 11.3 Å². The quantitative estimate of drug-likeness (QED) is 0.637. The van der Waals surface area contributed by atoms with E-state index in [2.05, 4.69) is 20.4 Å². The van der Waals surface area contributed by atoms with Crippen molar-refractivity contribution in [3.05, 3.63) is 45.6 Å². The van der Waals surface area contributed by atoms with Crippen molar-refractivity contribution in [2.75, 3.05) is 5.32 Å². The minimum atomic E-state index is -0.118. The zero-order valence-corrected chi connectivity index (χ0v) is 16.1. The molecule has 1 amide bonds. The molecule has 0 aromatic carbocycles. The molecule has 3 heterocycles. The number of rotatable bonds is 8. The summed E-state index contributed by atoms with van der Waals surface area (Å²) in [6.07, 6.45) is 3.86. The van der Waals surface area contributed by atoms with Crippen LogP contribution >= 0.6 is 11.3 Å². The van der Waals surface area contributed by atoms with Crippen LogP contribution in [-0.2, 0) is 17.8 Å². The van der Waals surface area contributed by atoms with Gasteiger partial charge in [0.05, 0.1) is 5.56 Å². The average Bonchev–Trinajstić information content (AvgIpc) is 3.31. The number of nitrogens with zero attached hydrogens (tertiary/aromatic N) is 4. The lowest BCUT2D eigenvalue weighted by atomic mass is 10.2. The van der Waals surface area contributed by atoms with E-state index in [4.69, 9.17) is 4.52 Å². The molecule has 3 aromatic heterocycles. The fourth-order valence-electron chi connectivity index (χ4n) is 2.68. The number of carbonyl (C=O) groups is 1. The number of hydrogen-bond acceptors (Lipinski definition) is 7. The first kappa shape index (κ1) is 19.0. The van der Waals surface area contributed by atoms with E-state index in [1.165, 1.54) is 11.3 Å². The van der Waals surface area contributed by atoms with Crippen molar-refractivity contribution in [1.82, 2.24) is 19.7 Å². The van der Waals surface area contributed by atoms with Crippen LogP contribution in [0, 0.1) is 6.92 Å². The summed E-state index contributed by atoms with van der Waals surface area (Å²) in [4.78, 5) is 32.8. The summed E-state index contributed by atoms with van der Waals surface area (Å²) in [5.41, 5.74) is 1.21. The maximum Gasteiger partial charge on any atom is 0.261 e. The molecular formula is C18H21N5O3S. The number of amides is 1. The van der Waals surface area contributed by atoms with Crippen molar-refractivity contribution >= 4 is 22.4 Å². The third-order valence-corrected chi connectivity index (χ3v) is 4.71. The van der Waals surface area contributed by atoms with E-state index >= 15 is 0 Å². The first-order chi connectivity index (χ1) is 13.1. The maximum atomic E-state index is 12.6. The number of pyridine rings is 1. The van der Waals surface area contributed by atoms with Gasteiger partial charge in [-0.2, -0.15) is 4.98 Å². The number of hydrogen-bond donors (Lipinski definition) is 1. The molecule has 0 spiro atoms. The molecule has 3 rings (SSSR count). The van der Waals surface area contributed by atoms with Crippen LogP contribution in [0.4, 0.5) is 5.13 Å². The normalized spacial score (nSPS) is 10.9. The van der Waals surface area contributed by atoms with E-state index in [9.17, 15) is 9.59 Å². The predicted molar refractivity (Wildman–Crippen MR) is 103 cm³/mol. The Hall–Kier alpha value is -2.81. The molecule has 0 radical (unpaired) electrons. The maximum absolute atomic E-state index is 12.6. The summed E-state index contributed by atoms with van der Waals surface area (Å²) >= 11 is 1.37. The lowest BCUT2D eigenvalue weighted by molar-refractivity contribution is -0.116. The van der Waals surface area contributed by atoms with Crippen LogP contribution in [0.2, 0.25) is 0 Å². The molecule has 3 aromatic rings. The summed E-state index contributed by atoms with van der Waals surface area (Å²) in [5, 5.41) is 9.04. The lowest BCUT2D eigenvalue weighted by Crippen LogP contribution is -2.23. The van der Waals surface area contributed by atoms with Crippen LogP contribution in [0.1, 0.15) is 37.8 Å². The van der Waals surface area contributed by atoms with Crippen LogP contribution in [0.25, 0.3) is 11.4 Å². The van der Waals surface area contributed by atoms with Gasteiger partial charge in [0, 0.05) is 36.7 Å². The Bertz CT molecular complexity index is 962. The Morgan fingerprint density at radius 2 is 2.22 bits per heavy atom. The monoisotopic (exact) mass is 387 g/mol. The van der Waals surface area contributed by atoms with Gasteiger partial charge in [0.2, 0.25) is 17.6 Å². The van der Waals surface area contributed by atoms with Gasteiger partial charge in [-0.1, -0.05) is 12.1 Å². The van der Waals surface area contributed by atoms with Gasteiger partial charge in [0.25, 0.3) is 5.56 Å². The van der Waals surface area contributed by atoms with Crippen LogP contribution in [0.15, 0.2) is 33.0 Å². The third kappa shape index (κ3) is 4.68. The summed E-state index contributed by atoms with van der Waals surface area (Å²) in [6.45, 7) is 4.58. The Kier molecular flexibility index (Phi) is 6.12. The van der Waals surface area contributed by atoms with Gasteiger partial charge in [0.15, 0.2) is 5.13 Å². The van der Waals surface area contributed by atoms with Crippen molar-refractivity contribution in [3.63, 3.8) is 0 Å². The molecule has 0 fully saturated rings. The first-order valence-corrected chi connectivity index (χ1v) is 9.69. The first-order valence-electron chi connectivity index (χ1n) is 8.81. The molecule has 1 N–H and O–H groups in total. The number of carbonyl (C=O) groups excluding carboxylic acids is 1. The van der Waals surface area contributed by atoms with Gasteiger partial charge < -0.3 is 14.4 Å². The molecule has 0 saturated heterocycles. The zero-order chi connectivity index (χ0) is 19.2. The molecule has 0 aliphatic rings. The molecule has 0 aliphatic carbocycles. The molecule has 0 saturated carbocycles. The van der Waals surface area contributed by atoms with Crippen LogP contribution in [-0.4, -0.2) is 25.6 Å². The molecule has 9 heteroatoms. The van der Waals surface area contributed by atoms with E-state index in [0.29, 0.717) is 42.4 Å². The van der Waals surface area contributed by atoms with Crippen molar-refractivity contribution in [2.24, 2.45) is 0 Å². The highest BCUT2D eigenvalue weighted by Gasteiger charge is 2.15. The minimum absolute atomic E-state index is 0.106. The van der Waals surface area contributed by atoms with Gasteiger partial charge in [-0.3, -0.25) is 9.59 Å². The number of anilines is 1. The molecule has 27 heavy (non-hydrogen) atoms. The molecule has 0 bridgehead atoms. The Balaban J connectivity index is 1.61. The topological polar surface area (TPSA) is 103 Å². The van der Waals surface area contributed by atoms with Gasteiger partial charge in [0.1, 0.15) is 0 Å². The summed E-state index contributed by atoms with van der Waals surface area (Å²) in [5.74, 6) is 0.590. The van der Waals surface area contributed by atoms with E-state index < -0.39 is 0 Å². The van der Waals surface area contributed by atoms with Gasteiger partial charge >= 0.3 is 0 Å². The minimum Gasteiger partial charge on any atom is -0.339 e. The number of aromatic nitrogens is 4. The zero-order valence-electron chi connectivity index (χ0n) is 15.3. The fourth-order valence-corrected chi connectivity index (χ4v) is 3.22. The van der Waals surface area contributed by atoms with Gasteiger partial charge in [-0.05, 0) is 31.9 Å². The lowest BCUT2D eigenvalue weighted by Gasteiger charge is -2.09. The Labute approximate surface area is 160 Å². The summed E-state index contributed by atoms with van der Waals surface area (Å²) in [6, 6.07) is 3.60. The fraction of sp³-hybridized carbons (Fsp3) is 0.389. The van der Waals surface area contributed by atoms with Crippen molar-refractivity contribution in [2.45, 2.75) is 46.1 Å². The smallest absolute Gasteiger partial charge is 0.261 e. The van der Waals surface area contributed by atoms with E-state index in [0.717, 1.165) is 12.1 Å². The Morgan fingerprint density at radius 3 is 2.96 bits per heavy atom. The molecule has 0 aliphatic heterocycles. The number of thiazole rings is 1. The largest absolute Gasteiger partial charge is 0.339 e. The molecule has 8 nitrogen and oxygen atoms in total. The number of aryl methyl sites for hydroxylation is 2. The highest BCUT2D eigenvalue weighted by Crippen LogP contribution is 2.15. The third-order valence-electron chi connectivity index (χ3n) is 4.02. The van der Waals surface area contributed by atoms with Crippen molar-refractivity contribution in [1.29, 1.82) is 0 Å². The van der Waals surface area contributed by atoms with Crippen molar-refractivity contribution < 1.29 is 9.32 Å². The highest BCUT2D eigenvalue weighted by atomic mass is 32.1. The SMILES string of the molecule is CCCn1c(C)ccc(-c2noc(CCCC(=O)Nc3nccs3)n2)c1=O. The molecule has 0 unspecified atom stereocenters. The van der Waals surface area contributed by atoms with Crippen LogP contribution in [0.5, 0.6) is 0 Å². The number of nitrogens with one attached hydrogen (secondary N) is 1. The summed E-state index contributed by atoms with van der Waals surface area (Å²) in [7, 11) is 0. The molecule has 142 valence electrons. The highest BCUT2D eigenvalue weighted by molar-refractivity contribution is 7.13. The molecule has 0 atom stereocenters. The second-order valence-corrected chi connectivity index (χ2v) is 6.99. The van der Waals surface area contributed by atoms with E-state index in [1.54, 1.807) is 22.2 Å². The second-order valence-electron chi connectivity index (χ2n) is 6.10. The standard InChI is InChI=1S/C18H21N5O3S/c1-3-10-23-12(2)7-8-13(17(23)25)16-21-15(26-22-16)6-4-5-14(24)20-18-19-9-11-27-18/h7-9,11H,3-6,10H2,1-2H3,(H,19,20,24). The molecular weight excluding hydrogens is 366 g/mol. The van der Waals surface area contributed by atoms with Crippen molar-refractivity contribution in [3.8, 4) is 11.4 Å². The Morgan fingerprint density at radius 1 is 1.37 bits per heavy atom. The summed E-state index contributed by atoms with van der Waals surface area (Å²) < 4.78 is 6.96. The second kappa shape index (κ2) is 8.72.